The van der Waals surface area contributed by atoms with E-state index in [-0.39, 0.29) is 18.5 Å². The first-order valence-corrected chi connectivity index (χ1v) is 7.68. The van der Waals surface area contributed by atoms with Crippen molar-refractivity contribution in [1.29, 1.82) is 0 Å². The molecule has 2 aromatic rings. The molecule has 1 saturated carbocycles. The molecule has 3 rings (SSSR count). The highest BCUT2D eigenvalue weighted by atomic mass is 35.5. The van der Waals surface area contributed by atoms with Crippen LogP contribution in [0.3, 0.4) is 0 Å². The van der Waals surface area contributed by atoms with Gasteiger partial charge in [-0.2, -0.15) is 5.10 Å². The van der Waals surface area contributed by atoms with Crippen LogP contribution in [0.25, 0.3) is 5.69 Å². The van der Waals surface area contributed by atoms with Crippen molar-refractivity contribution < 1.29 is 14.7 Å². The fourth-order valence-electron chi connectivity index (χ4n) is 2.52. The summed E-state index contributed by atoms with van der Waals surface area (Å²) in [5, 5.41) is 13.9. The molecular weight excluding hydrogens is 318 g/mol. The second-order valence-corrected chi connectivity index (χ2v) is 6.03. The highest BCUT2D eigenvalue weighted by molar-refractivity contribution is 6.30. The van der Waals surface area contributed by atoms with Crippen LogP contribution in [0, 0.1) is 6.92 Å². The van der Waals surface area contributed by atoms with Gasteiger partial charge in [-0.1, -0.05) is 11.6 Å². The number of carbonyl (C=O) groups excluding carboxylic acids is 1. The maximum atomic E-state index is 12.7. The van der Waals surface area contributed by atoms with Crippen LogP contribution in [0.15, 0.2) is 30.5 Å². The van der Waals surface area contributed by atoms with Gasteiger partial charge < -0.3 is 10.0 Å². The van der Waals surface area contributed by atoms with E-state index < -0.39 is 5.97 Å². The lowest BCUT2D eigenvalue weighted by molar-refractivity contribution is -0.137. The van der Waals surface area contributed by atoms with Gasteiger partial charge in [0.1, 0.15) is 6.54 Å². The molecule has 1 amide bonds. The lowest BCUT2D eigenvalue weighted by atomic mass is 10.2. The summed E-state index contributed by atoms with van der Waals surface area (Å²) in [6.45, 7) is 1.51. The minimum atomic E-state index is -1.01. The number of carboxylic acids is 1. The number of hydrogen-bond acceptors (Lipinski definition) is 3. The molecule has 0 unspecified atom stereocenters. The third-order valence-corrected chi connectivity index (χ3v) is 4.12. The van der Waals surface area contributed by atoms with E-state index in [1.165, 1.54) is 11.1 Å². The first-order valence-electron chi connectivity index (χ1n) is 7.30. The predicted octanol–water partition coefficient (Wildman–Crippen LogP) is 2.52. The molecule has 1 aromatic heterocycles. The number of aliphatic carboxylic acids is 1. The molecule has 0 atom stereocenters. The fraction of sp³-hybridized carbons (Fsp3) is 0.312. The summed E-state index contributed by atoms with van der Waals surface area (Å²) in [4.78, 5) is 25.1. The molecule has 1 N–H and O–H groups in total. The molecule has 1 fully saturated rings. The van der Waals surface area contributed by atoms with Crippen molar-refractivity contribution in [2.24, 2.45) is 0 Å². The van der Waals surface area contributed by atoms with Crippen molar-refractivity contribution >= 4 is 23.5 Å². The van der Waals surface area contributed by atoms with Crippen LogP contribution in [0.2, 0.25) is 5.02 Å². The Balaban J connectivity index is 1.90. The molecule has 1 aromatic carbocycles. The van der Waals surface area contributed by atoms with Crippen molar-refractivity contribution in [3.63, 3.8) is 0 Å². The van der Waals surface area contributed by atoms with Gasteiger partial charge in [-0.05, 0) is 44.0 Å². The molecule has 1 aliphatic carbocycles. The number of benzene rings is 1. The van der Waals surface area contributed by atoms with Crippen molar-refractivity contribution in [3.8, 4) is 5.69 Å². The number of hydrogen-bond donors (Lipinski definition) is 1. The van der Waals surface area contributed by atoms with Crippen LogP contribution < -0.4 is 0 Å². The topological polar surface area (TPSA) is 75.4 Å². The maximum Gasteiger partial charge on any atom is 0.323 e. The molecule has 0 saturated heterocycles. The minimum absolute atomic E-state index is 0.0249. The monoisotopic (exact) mass is 333 g/mol. The molecule has 0 spiro atoms. The average Bonchev–Trinajstić information content (AvgIpc) is 3.28. The maximum absolute atomic E-state index is 12.7. The van der Waals surface area contributed by atoms with Gasteiger partial charge in [-0.3, -0.25) is 9.59 Å². The zero-order valence-corrected chi connectivity index (χ0v) is 13.3. The number of carboxylic acid groups (broad SMARTS) is 1. The highest BCUT2D eigenvalue weighted by Crippen LogP contribution is 2.29. The second kappa shape index (κ2) is 6.04. The number of nitrogens with zero attached hydrogens (tertiary/aromatic N) is 3. The molecular formula is C16H16ClN3O3. The van der Waals surface area contributed by atoms with Gasteiger partial charge in [-0.25, -0.2) is 4.68 Å². The van der Waals surface area contributed by atoms with Gasteiger partial charge in [0.05, 0.1) is 23.1 Å². The van der Waals surface area contributed by atoms with Crippen molar-refractivity contribution in [2.45, 2.75) is 25.8 Å². The third-order valence-electron chi connectivity index (χ3n) is 3.87. The van der Waals surface area contributed by atoms with Gasteiger partial charge in [0.2, 0.25) is 0 Å². The lowest BCUT2D eigenvalue weighted by Crippen LogP contribution is -2.37. The molecule has 1 aliphatic rings. The van der Waals surface area contributed by atoms with Crippen LogP contribution in [-0.4, -0.2) is 44.3 Å². The molecule has 23 heavy (non-hydrogen) atoms. The van der Waals surface area contributed by atoms with E-state index in [9.17, 15) is 9.59 Å². The molecule has 0 aliphatic heterocycles. The smallest absolute Gasteiger partial charge is 0.323 e. The minimum Gasteiger partial charge on any atom is -0.480 e. The van der Waals surface area contributed by atoms with Crippen molar-refractivity contribution in [1.82, 2.24) is 14.7 Å². The van der Waals surface area contributed by atoms with Gasteiger partial charge in [0, 0.05) is 11.1 Å². The zero-order valence-electron chi connectivity index (χ0n) is 12.6. The Morgan fingerprint density at radius 1 is 1.35 bits per heavy atom. The summed E-state index contributed by atoms with van der Waals surface area (Å²) in [6.07, 6.45) is 3.19. The second-order valence-electron chi connectivity index (χ2n) is 5.59. The van der Waals surface area contributed by atoms with Gasteiger partial charge >= 0.3 is 5.97 Å². The lowest BCUT2D eigenvalue weighted by Gasteiger charge is -2.19. The van der Waals surface area contributed by atoms with Crippen molar-refractivity contribution in [3.05, 3.63) is 46.7 Å². The molecule has 6 nitrogen and oxygen atoms in total. The van der Waals surface area contributed by atoms with Crippen LogP contribution >= 0.6 is 11.6 Å². The number of carbonyl (C=O) groups is 2. The quantitative estimate of drug-likeness (QED) is 0.912. The van der Waals surface area contributed by atoms with Crippen molar-refractivity contribution in [2.75, 3.05) is 6.54 Å². The zero-order chi connectivity index (χ0) is 16.6. The van der Waals surface area contributed by atoms with E-state index in [1.54, 1.807) is 23.7 Å². The predicted molar refractivity (Wildman–Crippen MR) is 85.0 cm³/mol. The fourth-order valence-corrected chi connectivity index (χ4v) is 2.64. The Kier molecular flexibility index (Phi) is 4.09. The summed E-state index contributed by atoms with van der Waals surface area (Å²) in [7, 11) is 0. The molecule has 1 heterocycles. The van der Waals surface area contributed by atoms with E-state index in [4.69, 9.17) is 16.7 Å². The standard InChI is InChI=1S/C16H16ClN3O3/c1-10-14(16(23)19(9-15(21)22)12-6-7-12)8-18-20(10)13-4-2-11(17)3-5-13/h2-5,8,12H,6-7,9H2,1H3,(H,21,22). The summed E-state index contributed by atoms with van der Waals surface area (Å²) in [5.74, 6) is -1.29. The van der Waals surface area contributed by atoms with Crippen LogP contribution in [0.4, 0.5) is 0 Å². The average molecular weight is 334 g/mol. The van der Waals surface area contributed by atoms with E-state index in [0.717, 1.165) is 18.5 Å². The largest absolute Gasteiger partial charge is 0.480 e. The molecule has 0 bridgehead atoms. The van der Waals surface area contributed by atoms with Crippen LogP contribution in [-0.2, 0) is 4.79 Å². The first kappa shape index (κ1) is 15.6. The summed E-state index contributed by atoms with van der Waals surface area (Å²) < 4.78 is 1.65. The Morgan fingerprint density at radius 2 is 2.00 bits per heavy atom. The third kappa shape index (κ3) is 3.22. The Morgan fingerprint density at radius 3 is 2.57 bits per heavy atom. The SMILES string of the molecule is Cc1c(C(=O)N(CC(=O)O)C2CC2)cnn1-c1ccc(Cl)cc1. The van der Waals surface area contributed by atoms with Crippen LogP contribution in [0.1, 0.15) is 28.9 Å². The van der Waals surface area contributed by atoms with Gasteiger partial charge in [-0.15, -0.1) is 0 Å². The molecule has 0 radical (unpaired) electrons. The number of aromatic nitrogens is 2. The highest BCUT2D eigenvalue weighted by Gasteiger charge is 2.35. The normalized spacial score (nSPS) is 13.8. The summed E-state index contributed by atoms with van der Waals surface area (Å²) >= 11 is 5.88. The van der Waals surface area contributed by atoms with Gasteiger partial charge in [0.25, 0.3) is 5.91 Å². The van der Waals surface area contributed by atoms with E-state index in [2.05, 4.69) is 5.10 Å². The number of rotatable bonds is 5. The number of halogens is 1. The molecule has 120 valence electrons. The van der Waals surface area contributed by atoms with E-state index in [0.29, 0.717) is 16.3 Å². The number of amides is 1. The Hall–Kier alpha value is -2.34. The van der Waals surface area contributed by atoms with E-state index >= 15 is 0 Å². The first-order chi connectivity index (χ1) is 11.0. The summed E-state index contributed by atoms with van der Waals surface area (Å²) in [5.41, 5.74) is 1.89. The molecule has 7 heteroatoms. The van der Waals surface area contributed by atoms with E-state index in [1.807, 2.05) is 12.1 Å². The Labute approximate surface area is 138 Å². The Bertz CT molecular complexity index is 750. The van der Waals surface area contributed by atoms with Gasteiger partial charge in [0.15, 0.2) is 0 Å². The van der Waals surface area contributed by atoms with Crippen LogP contribution in [0.5, 0.6) is 0 Å². The summed E-state index contributed by atoms with van der Waals surface area (Å²) in [6, 6.07) is 7.15.